The molecule has 2 atom stereocenters. The quantitative estimate of drug-likeness (QED) is 0.153. The van der Waals surface area contributed by atoms with Crippen LogP contribution < -0.4 is 11.1 Å². The Morgan fingerprint density at radius 1 is 0.925 bits per heavy atom. The summed E-state index contributed by atoms with van der Waals surface area (Å²) in [5.41, 5.74) is 7.55. The SMILES string of the molecule is CCP(=O)(CC)N(C(=O)CCC(N)C(=O)OCc1ccccc1)C(CS)C(=O)NCC(=O)OCc1ccccc1. The molecule has 2 aromatic carbocycles. The van der Waals surface area contributed by atoms with Gasteiger partial charge in [0.25, 0.3) is 0 Å². The Morgan fingerprint density at radius 3 is 1.95 bits per heavy atom. The van der Waals surface area contributed by atoms with Crippen molar-refractivity contribution in [1.82, 2.24) is 9.99 Å². The normalized spacial score (nSPS) is 12.6. The Kier molecular flexibility index (Phi) is 13.9. The summed E-state index contributed by atoms with van der Waals surface area (Å²) in [6, 6.07) is 15.9. The lowest BCUT2D eigenvalue weighted by Gasteiger charge is -2.36. The van der Waals surface area contributed by atoms with E-state index in [4.69, 9.17) is 15.2 Å². The molecule has 0 aromatic heterocycles. The molecule has 0 bridgehead atoms. The first-order valence-corrected chi connectivity index (χ1v) is 15.8. The Labute approximate surface area is 240 Å². The molecule has 0 heterocycles. The topological polar surface area (TPSA) is 145 Å². The summed E-state index contributed by atoms with van der Waals surface area (Å²) < 4.78 is 25.2. The van der Waals surface area contributed by atoms with Crippen LogP contribution in [0.1, 0.15) is 37.8 Å². The van der Waals surface area contributed by atoms with Crippen molar-refractivity contribution in [3.05, 3.63) is 71.8 Å². The maximum absolute atomic E-state index is 13.7. The minimum atomic E-state index is -3.31. The standard InChI is InChI=1S/C28H38N3O7PS/c1-3-39(36,4-2)31(25(32)16-15-23(29)28(35)38-19-22-13-9-6-10-14-22)24(20-40)27(34)30-17-26(33)37-18-21-11-7-5-8-12-21/h5-14,23-24,40H,3-4,15-20,29H2,1-2H3,(H,30,34). The van der Waals surface area contributed by atoms with Crippen LogP contribution in [-0.4, -0.2) is 65.1 Å². The van der Waals surface area contributed by atoms with Crippen molar-refractivity contribution in [2.24, 2.45) is 5.73 Å². The molecule has 0 saturated carbocycles. The number of ether oxygens (including phenoxy) is 2. The van der Waals surface area contributed by atoms with Crippen LogP contribution in [0.5, 0.6) is 0 Å². The van der Waals surface area contributed by atoms with E-state index in [1.165, 1.54) is 0 Å². The van der Waals surface area contributed by atoms with Gasteiger partial charge in [0.2, 0.25) is 11.8 Å². The van der Waals surface area contributed by atoms with Crippen LogP contribution in [0.15, 0.2) is 60.7 Å². The first kappa shape index (κ1) is 33.1. The van der Waals surface area contributed by atoms with Gasteiger partial charge in [-0.05, 0) is 17.5 Å². The fraction of sp³-hybridized carbons (Fsp3) is 0.429. The minimum Gasteiger partial charge on any atom is -0.460 e. The van der Waals surface area contributed by atoms with Crippen molar-refractivity contribution in [1.29, 1.82) is 0 Å². The van der Waals surface area contributed by atoms with Crippen LogP contribution in [0.25, 0.3) is 0 Å². The fourth-order valence-electron chi connectivity index (χ4n) is 3.84. The molecule has 0 fully saturated rings. The lowest BCUT2D eigenvalue weighted by Crippen LogP contribution is -2.50. The first-order valence-electron chi connectivity index (χ1n) is 13.1. The average Bonchev–Trinajstić information content (AvgIpc) is 2.99. The number of nitrogens with one attached hydrogen (secondary N) is 1. The number of thiol groups is 1. The van der Waals surface area contributed by atoms with Crippen LogP contribution in [0.4, 0.5) is 0 Å². The smallest absolute Gasteiger partial charge is 0.325 e. The number of nitrogens with two attached hydrogens (primary N) is 1. The molecule has 0 aliphatic heterocycles. The van der Waals surface area contributed by atoms with E-state index in [0.29, 0.717) is 0 Å². The summed E-state index contributed by atoms with van der Waals surface area (Å²) in [6.07, 6.45) is -0.0282. The number of benzene rings is 2. The largest absolute Gasteiger partial charge is 0.460 e. The second kappa shape index (κ2) is 16.8. The molecule has 0 aliphatic carbocycles. The van der Waals surface area contributed by atoms with Gasteiger partial charge in [-0.2, -0.15) is 12.6 Å². The van der Waals surface area contributed by atoms with Crippen LogP contribution in [-0.2, 0) is 46.4 Å². The van der Waals surface area contributed by atoms with Crippen molar-refractivity contribution in [2.75, 3.05) is 24.6 Å². The molecular weight excluding hydrogens is 553 g/mol. The predicted molar refractivity (Wildman–Crippen MR) is 156 cm³/mol. The highest BCUT2D eigenvalue weighted by Gasteiger charge is 2.40. The number of hydrogen-bond donors (Lipinski definition) is 3. The van der Waals surface area contributed by atoms with E-state index in [9.17, 15) is 23.7 Å². The van der Waals surface area contributed by atoms with Crippen molar-refractivity contribution in [3.8, 4) is 0 Å². The summed E-state index contributed by atoms with van der Waals surface area (Å²) in [5.74, 6) is -2.75. The third kappa shape index (κ3) is 10.1. The van der Waals surface area contributed by atoms with Crippen LogP contribution in [0, 0.1) is 0 Å². The average molecular weight is 592 g/mol. The van der Waals surface area contributed by atoms with Gasteiger partial charge in [0, 0.05) is 24.5 Å². The van der Waals surface area contributed by atoms with E-state index in [2.05, 4.69) is 17.9 Å². The zero-order valence-corrected chi connectivity index (χ0v) is 24.7. The molecule has 2 amide bonds. The molecule has 2 rings (SSSR count). The van der Waals surface area contributed by atoms with Gasteiger partial charge in [-0.1, -0.05) is 74.5 Å². The Hall–Kier alpha value is -3.14. The third-order valence-corrected chi connectivity index (χ3v) is 9.86. The summed E-state index contributed by atoms with van der Waals surface area (Å²) in [7, 11) is -3.31. The van der Waals surface area contributed by atoms with E-state index in [1.807, 2.05) is 36.4 Å². The van der Waals surface area contributed by atoms with Gasteiger partial charge in [0.15, 0.2) is 7.29 Å². The van der Waals surface area contributed by atoms with Gasteiger partial charge < -0.3 is 25.1 Å². The van der Waals surface area contributed by atoms with Gasteiger partial charge in [-0.3, -0.25) is 23.8 Å². The number of hydrogen-bond acceptors (Lipinski definition) is 9. The Morgan fingerprint density at radius 2 is 1.45 bits per heavy atom. The van der Waals surface area contributed by atoms with Crippen LogP contribution in [0.2, 0.25) is 0 Å². The highest BCUT2D eigenvalue weighted by Crippen LogP contribution is 2.50. The summed E-state index contributed by atoms with van der Waals surface area (Å²) in [4.78, 5) is 51.0. The molecule has 10 nitrogen and oxygen atoms in total. The number of amides is 2. The van der Waals surface area contributed by atoms with Crippen LogP contribution >= 0.6 is 19.9 Å². The lowest BCUT2D eigenvalue weighted by atomic mass is 10.1. The molecule has 12 heteroatoms. The van der Waals surface area contributed by atoms with Crippen molar-refractivity contribution in [3.63, 3.8) is 0 Å². The van der Waals surface area contributed by atoms with Gasteiger partial charge >= 0.3 is 11.9 Å². The number of esters is 2. The minimum absolute atomic E-state index is 0.0456. The lowest BCUT2D eigenvalue weighted by molar-refractivity contribution is -0.147. The van der Waals surface area contributed by atoms with Gasteiger partial charge in [-0.25, -0.2) is 0 Å². The number of nitrogens with zero attached hydrogens (tertiary/aromatic N) is 1. The molecule has 3 N–H and O–H groups in total. The Bertz CT molecular complexity index is 1160. The van der Waals surface area contributed by atoms with Crippen LogP contribution in [0.3, 0.4) is 0 Å². The third-order valence-electron chi connectivity index (χ3n) is 6.25. The zero-order valence-electron chi connectivity index (χ0n) is 22.9. The molecule has 218 valence electrons. The van der Waals surface area contributed by atoms with E-state index in [1.54, 1.807) is 38.1 Å². The molecule has 0 aliphatic rings. The molecule has 2 aromatic rings. The van der Waals surface area contributed by atoms with Crippen molar-refractivity contribution < 1.29 is 33.2 Å². The molecule has 0 spiro atoms. The summed E-state index contributed by atoms with van der Waals surface area (Å²) in [6.45, 7) is 3.01. The monoisotopic (exact) mass is 591 g/mol. The van der Waals surface area contributed by atoms with E-state index < -0.39 is 49.7 Å². The first-order chi connectivity index (χ1) is 19.1. The number of carbonyl (C=O) groups excluding carboxylic acids is 4. The van der Waals surface area contributed by atoms with Gasteiger partial charge in [0.1, 0.15) is 31.8 Å². The summed E-state index contributed by atoms with van der Waals surface area (Å²) in [5, 5.41) is 2.46. The second-order valence-electron chi connectivity index (χ2n) is 9.02. The maximum Gasteiger partial charge on any atom is 0.325 e. The summed E-state index contributed by atoms with van der Waals surface area (Å²) >= 11 is 4.25. The van der Waals surface area contributed by atoms with Gasteiger partial charge in [0.05, 0.1) is 0 Å². The second-order valence-corrected chi connectivity index (χ2v) is 12.8. The van der Waals surface area contributed by atoms with E-state index in [0.717, 1.165) is 15.8 Å². The Balaban J connectivity index is 2.00. The maximum atomic E-state index is 13.7. The highest BCUT2D eigenvalue weighted by molar-refractivity contribution is 7.80. The number of rotatable bonds is 16. The fourth-order valence-corrected chi connectivity index (χ4v) is 6.56. The molecule has 40 heavy (non-hydrogen) atoms. The number of carbonyl (C=O) groups is 4. The predicted octanol–water partition coefficient (Wildman–Crippen LogP) is 3.14. The van der Waals surface area contributed by atoms with E-state index in [-0.39, 0.29) is 44.1 Å². The molecule has 0 radical (unpaired) electrons. The molecular formula is C28H38N3O7PS. The molecule has 0 saturated heterocycles. The highest BCUT2D eigenvalue weighted by atomic mass is 32.1. The van der Waals surface area contributed by atoms with E-state index >= 15 is 0 Å². The van der Waals surface area contributed by atoms with Crippen molar-refractivity contribution in [2.45, 2.75) is 52.0 Å². The van der Waals surface area contributed by atoms with Gasteiger partial charge in [-0.15, -0.1) is 0 Å². The van der Waals surface area contributed by atoms with Crippen molar-refractivity contribution >= 4 is 43.7 Å². The zero-order chi connectivity index (χ0) is 29.5. The molecule has 2 unspecified atom stereocenters.